The fraction of sp³-hybridized carbons (Fsp3) is 0.300. The van der Waals surface area contributed by atoms with E-state index in [1.807, 2.05) is 33.2 Å². The van der Waals surface area contributed by atoms with E-state index in [1.54, 1.807) is 23.4 Å². The van der Waals surface area contributed by atoms with Crippen molar-refractivity contribution in [1.29, 1.82) is 0 Å². The molecule has 2 aromatic rings. The normalized spacial score (nSPS) is 21.3. The minimum absolute atomic E-state index is 0.0657. The molecule has 26 heavy (non-hydrogen) atoms. The van der Waals surface area contributed by atoms with Crippen LogP contribution in [0.25, 0.3) is 5.57 Å². The molecule has 1 atom stereocenters. The molecule has 0 bridgehead atoms. The summed E-state index contributed by atoms with van der Waals surface area (Å²) >= 11 is 0. The number of aromatic nitrogens is 3. The van der Waals surface area contributed by atoms with Crippen molar-refractivity contribution < 1.29 is 4.79 Å². The SMILES string of the molecule is Cc1ncc(C2=CCC3C(=C2)N(c2cncc(N)c2)C(=O)C3(C)C)cn1. The molecule has 1 amide bonds. The molecule has 1 unspecified atom stereocenters. The van der Waals surface area contributed by atoms with E-state index in [4.69, 9.17) is 5.73 Å². The van der Waals surface area contributed by atoms with E-state index in [1.165, 1.54) is 0 Å². The maximum Gasteiger partial charge on any atom is 0.237 e. The number of fused-ring (bicyclic) bond motifs is 1. The Hall–Kier alpha value is -3.02. The quantitative estimate of drug-likeness (QED) is 0.902. The molecule has 1 saturated heterocycles. The van der Waals surface area contributed by atoms with Crippen LogP contribution in [0.5, 0.6) is 0 Å². The molecule has 0 spiro atoms. The number of aryl methyl sites for hydroxylation is 1. The highest BCUT2D eigenvalue weighted by Crippen LogP contribution is 2.50. The first kappa shape index (κ1) is 16.4. The average molecular weight is 347 g/mol. The lowest BCUT2D eigenvalue weighted by Gasteiger charge is -2.26. The second-order valence-electron chi connectivity index (χ2n) is 7.37. The zero-order valence-electron chi connectivity index (χ0n) is 15.1. The van der Waals surface area contributed by atoms with Crippen molar-refractivity contribution in [2.75, 3.05) is 10.6 Å². The number of hydrogen-bond acceptors (Lipinski definition) is 5. The van der Waals surface area contributed by atoms with Crippen LogP contribution in [0.3, 0.4) is 0 Å². The molecule has 1 fully saturated rings. The maximum atomic E-state index is 13.2. The Bertz CT molecular complexity index is 943. The molecule has 2 aromatic heterocycles. The predicted octanol–water partition coefficient (Wildman–Crippen LogP) is 3.12. The predicted molar refractivity (Wildman–Crippen MR) is 101 cm³/mol. The monoisotopic (exact) mass is 347 g/mol. The Balaban J connectivity index is 1.81. The van der Waals surface area contributed by atoms with Gasteiger partial charge in [0.15, 0.2) is 0 Å². The van der Waals surface area contributed by atoms with Crippen molar-refractivity contribution >= 4 is 22.9 Å². The van der Waals surface area contributed by atoms with E-state index in [0.29, 0.717) is 11.4 Å². The fourth-order valence-corrected chi connectivity index (χ4v) is 3.70. The molecule has 2 N–H and O–H groups in total. The van der Waals surface area contributed by atoms with Crippen LogP contribution >= 0.6 is 0 Å². The van der Waals surface area contributed by atoms with Gasteiger partial charge >= 0.3 is 0 Å². The van der Waals surface area contributed by atoms with E-state index in [-0.39, 0.29) is 11.8 Å². The van der Waals surface area contributed by atoms with E-state index in [2.05, 4.69) is 27.1 Å². The number of nitrogens with two attached hydrogens (primary N) is 1. The molecule has 6 nitrogen and oxygen atoms in total. The number of nitrogen functional groups attached to an aromatic ring is 1. The summed E-state index contributed by atoms with van der Waals surface area (Å²) in [5.41, 5.74) is 9.61. The molecule has 4 rings (SSSR count). The number of rotatable bonds is 2. The minimum atomic E-state index is -0.484. The molecule has 1 aliphatic carbocycles. The lowest BCUT2D eigenvalue weighted by Crippen LogP contribution is -2.31. The van der Waals surface area contributed by atoms with Gasteiger partial charge in [-0.25, -0.2) is 9.97 Å². The zero-order chi connectivity index (χ0) is 18.5. The average Bonchev–Trinajstić information content (AvgIpc) is 2.81. The first-order valence-electron chi connectivity index (χ1n) is 8.64. The number of carbonyl (C=O) groups excluding carboxylic acids is 1. The third kappa shape index (κ3) is 2.49. The van der Waals surface area contributed by atoms with E-state index >= 15 is 0 Å². The van der Waals surface area contributed by atoms with Crippen LogP contribution in [-0.4, -0.2) is 20.9 Å². The van der Waals surface area contributed by atoms with Crippen LogP contribution < -0.4 is 10.6 Å². The number of pyridine rings is 1. The van der Waals surface area contributed by atoms with Gasteiger partial charge in [0, 0.05) is 35.8 Å². The van der Waals surface area contributed by atoms with Crippen molar-refractivity contribution in [2.24, 2.45) is 11.3 Å². The second kappa shape index (κ2) is 5.76. The molecule has 0 radical (unpaired) electrons. The van der Waals surface area contributed by atoms with Crippen molar-refractivity contribution in [3.05, 3.63) is 60.1 Å². The van der Waals surface area contributed by atoms with Gasteiger partial charge in [0.2, 0.25) is 5.91 Å². The lowest BCUT2D eigenvalue weighted by atomic mass is 9.75. The molecule has 2 aliphatic rings. The highest BCUT2D eigenvalue weighted by Gasteiger charge is 2.51. The van der Waals surface area contributed by atoms with E-state index in [0.717, 1.165) is 29.1 Å². The first-order valence-corrected chi connectivity index (χ1v) is 8.64. The number of hydrogen-bond donors (Lipinski definition) is 1. The summed E-state index contributed by atoms with van der Waals surface area (Å²) < 4.78 is 0. The van der Waals surface area contributed by atoms with Gasteiger partial charge in [0.05, 0.1) is 23.0 Å². The third-order valence-electron chi connectivity index (χ3n) is 5.23. The van der Waals surface area contributed by atoms with E-state index in [9.17, 15) is 4.79 Å². The Labute approximate surface area is 152 Å². The summed E-state index contributed by atoms with van der Waals surface area (Å²) in [6, 6.07) is 1.79. The standard InChI is InChI=1S/C20H21N5O/c1-12-23-8-14(9-24-12)13-4-5-17-18(6-13)25(19(26)20(17,2)3)16-7-15(21)10-22-11-16/h4,6-11,17H,5,21H2,1-3H3. The van der Waals surface area contributed by atoms with Crippen LogP contribution in [-0.2, 0) is 4.79 Å². The summed E-state index contributed by atoms with van der Waals surface area (Å²) in [6.45, 7) is 5.86. The van der Waals surface area contributed by atoms with Gasteiger partial charge in [-0.05, 0) is 31.1 Å². The van der Waals surface area contributed by atoms with Gasteiger partial charge in [-0.15, -0.1) is 0 Å². The lowest BCUT2D eigenvalue weighted by molar-refractivity contribution is -0.125. The molecule has 1 aliphatic heterocycles. The Morgan fingerprint density at radius 2 is 1.92 bits per heavy atom. The number of allylic oxidation sites excluding steroid dienone is 4. The highest BCUT2D eigenvalue weighted by atomic mass is 16.2. The number of nitrogens with zero attached hydrogens (tertiary/aromatic N) is 4. The third-order valence-corrected chi connectivity index (χ3v) is 5.23. The van der Waals surface area contributed by atoms with Crippen molar-refractivity contribution in [1.82, 2.24) is 15.0 Å². The summed E-state index contributed by atoms with van der Waals surface area (Å²) in [7, 11) is 0. The highest BCUT2D eigenvalue weighted by molar-refractivity contribution is 6.05. The fourth-order valence-electron chi connectivity index (χ4n) is 3.70. The van der Waals surface area contributed by atoms with Gasteiger partial charge in [0.1, 0.15) is 5.82 Å². The number of carbonyl (C=O) groups is 1. The largest absolute Gasteiger partial charge is 0.397 e. The summed E-state index contributed by atoms with van der Waals surface area (Å²) in [6.07, 6.45) is 11.9. The topological polar surface area (TPSA) is 85.0 Å². The number of amides is 1. The smallest absolute Gasteiger partial charge is 0.237 e. The molecule has 132 valence electrons. The van der Waals surface area contributed by atoms with Crippen LogP contribution in [0.15, 0.2) is 48.7 Å². The molecular formula is C20H21N5O. The minimum Gasteiger partial charge on any atom is -0.397 e. The Morgan fingerprint density at radius 1 is 1.19 bits per heavy atom. The first-order chi connectivity index (χ1) is 12.4. The van der Waals surface area contributed by atoms with Gasteiger partial charge in [-0.3, -0.25) is 14.7 Å². The second-order valence-corrected chi connectivity index (χ2v) is 7.37. The number of anilines is 2. The zero-order valence-corrected chi connectivity index (χ0v) is 15.1. The maximum absolute atomic E-state index is 13.2. The van der Waals surface area contributed by atoms with Crippen molar-refractivity contribution in [3.8, 4) is 0 Å². The van der Waals surface area contributed by atoms with Crippen molar-refractivity contribution in [2.45, 2.75) is 27.2 Å². The molecule has 3 heterocycles. The Kier molecular flexibility index (Phi) is 3.64. The van der Waals surface area contributed by atoms with Gasteiger partial charge in [0.25, 0.3) is 0 Å². The van der Waals surface area contributed by atoms with Crippen LogP contribution in [0.2, 0.25) is 0 Å². The molecule has 6 heteroatoms. The summed E-state index contributed by atoms with van der Waals surface area (Å²) in [5, 5.41) is 0. The van der Waals surface area contributed by atoms with Crippen LogP contribution in [0.1, 0.15) is 31.7 Å². The Morgan fingerprint density at radius 3 is 2.62 bits per heavy atom. The summed E-state index contributed by atoms with van der Waals surface area (Å²) in [4.78, 5) is 27.6. The van der Waals surface area contributed by atoms with Gasteiger partial charge in [-0.2, -0.15) is 0 Å². The molecular weight excluding hydrogens is 326 g/mol. The van der Waals surface area contributed by atoms with Gasteiger partial charge in [-0.1, -0.05) is 19.9 Å². The molecule has 0 saturated carbocycles. The van der Waals surface area contributed by atoms with E-state index < -0.39 is 5.41 Å². The van der Waals surface area contributed by atoms with Crippen LogP contribution in [0, 0.1) is 18.3 Å². The summed E-state index contributed by atoms with van der Waals surface area (Å²) in [5.74, 6) is 0.919. The van der Waals surface area contributed by atoms with Gasteiger partial charge < -0.3 is 5.73 Å². The van der Waals surface area contributed by atoms with Crippen LogP contribution in [0.4, 0.5) is 11.4 Å². The van der Waals surface area contributed by atoms with Crippen molar-refractivity contribution in [3.63, 3.8) is 0 Å². The molecule has 0 aromatic carbocycles.